The smallest absolute Gasteiger partial charge is 0.244 e. The van der Waals surface area contributed by atoms with E-state index in [0.29, 0.717) is 10.7 Å². The number of hydrogen-bond donors (Lipinski definition) is 1. The summed E-state index contributed by atoms with van der Waals surface area (Å²) >= 11 is 5.92. The van der Waals surface area contributed by atoms with Crippen LogP contribution in [0.3, 0.4) is 0 Å². The zero-order chi connectivity index (χ0) is 21.6. The Balaban J connectivity index is 2.34. The average Bonchev–Trinajstić information content (AvgIpc) is 2.70. The Kier molecular flexibility index (Phi) is 7.64. The van der Waals surface area contributed by atoms with Crippen LogP contribution in [0.1, 0.15) is 12.5 Å². The molecule has 2 aromatic rings. The number of benzene rings is 2. The van der Waals surface area contributed by atoms with Gasteiger partial charge >= 0.3 is 0 Å². The first-order chi connectivity index (χ1) is 13.6. The quantitative estimate of drug-likeness (QED) is 0.686. The van der Waals surface area contributed by atoms with Gasteiger partial charge in [0, 0.05) is 18.6 Å². The number of para-hydroxylation sites is 1. The molecule has 0 saturated carbocycles. The summed E-state index contributed by atoms with van der Waals surface area (Å²) in [5, 5.41) is 3.08. The third kappa shape index (κ3) is 6.20. The fourth-order valence-electron chi connectivity index (χ4n) is 2.79. The van der Waals surface area contributed by atoms with Crippen molar-refractivity contribution in [3.8, 4) is 0 Å². The van der Waals surface area contributed by atoms with E-state index in [1.165, 1.54) is 11.9 Å². The van der Waals surface area contributed by atoms with Gasteiger partial charge in [-0.2, -0.15) is 0 Å². The number of rotatable bonds is 8. The van der Waals surface area contributed by atoms with E-state index < -0.39 is 28.5 Å². The lowest BCUT2D eigenvalue weighted by Gasteiger charge is -2.31. The van der Waals surface area contributed by atoms with Crippen LogP contribution in [-0.2, 0) is 26.2 Å². The number of amides is 2. The molecule has 0 saturated heterocycles. The second-order valence-corrected chi connectivity index (χ2v) is 8.89. The van der Waals surface area contributed by atoms with Crippen molar-refractivity contribution < 1.29 is 18.0 Å². The number of carbonyl (C=O) groups is 2. The number of sulfonamides is 1. The highest BCUT2D eigenvalue weighted by molar-refractivity contribution is 7.92. The minimum absolute atomic E-state index is 0.136. The van der Waals surface area contributed by atoms with E-state index in [1.54, 1.807) is 61.5 Å². The molecule has 2 amide bonds. The third-order valence-electron chi connectivity index (χ3n) is 4.40. The summed E-state index contributed by atoms with van der Waals surface area (Å²) in [6.07, 6.45) is 1.04. The van der Waals surface area contributed by atoms with Crippen LogP contribution in [0.25, 0.3) is 0 Å². The molecule has 1 N–H and O–H groups in total. The van der Waals surface area contributed by atoms with Gasteiger partial charge in [0.2, 0.25) is 21.8 Å². The molecule has 0 aliphatic rings. The molecule has 9 heteroatoms. The Morgan fingerprint density at radius 2 is 1.66 bits per heavy atom. The van der Waals surface area contributed by atoms with Crippen LogP contribution in [0.15, 0.2) is 54.6 Å². The summed E-state index contributed by atoms with van der Waals surface area (Å²) in [5.41, 5.74) is 1.14. The normalized spacial score (nSPS) is 12.1. The summed E-state index contributed by atoms with van der Waals surface area (Å²) in [5.74, 6) is -0.844. The predicted octanol–water partition coefficient (Wildman–Crippen LogP) is 2.27. The molecule has 0 bridgehead atoms. The van der Waals surface area contributed by atoms with Gasteiger partial charge in [-0.3, -0.25) is 13.9 Å². The molecule has 2 rings (SSSR count). The second-order valence-electron chi connectivity index (χ2n) is 6.54. The molecule has 7 nitrogen and oxygen atoms in total. The van der Waals surface area contributed by atoms with Crippen molar-refractivity contribution in [2.75, 3.05) is 24.2 Å². The van der Waals surface area contributed by atoms with E-state index >= 15 is 0 Å². The summed E-state index contributed by atoms with van der Waals surface area (Å²) in [4.78, 5) is 26.7. The lowest BCUT2D eigenvalue weighted by atomic mass is 10.1. The van der Waals surface area contributed by atoms with Gasteiger partial charge in [-0.1, -0.05) is 41.9 Å². The fourth-order valence-corrected chi connectivity index (χ4v) is 3.76. The molecule has 0 aliphatic heterocycles. The van der Waals surface area contributed by atoms with Gasteiger partial charge in [-0.15, -0.1) is 0 Å². The molecular weight excluding hydrogens is 414 g/mol. The highest BCUT2D eigenvalue weighted by Gasteiger charge is 2.29. The average molecular weight is 438 g/mol. The molecule has 0 aliphatic carbocycles. The standard InChI is InChI=1S/C20H24ClN3O4S/c1-15(20(26)22-2)23(13-16-9-11-17(21)12-10-16)19(25)14-24(29(3,27)28)18-7-5-4-6-8-18/h4-12,15H,13-14H2,1-3H3,(H,22,26). The van der Waals surface area contributed by atoms with Crippen molar-refractivity contribution in [2.24, 2.45) is 0 Å². The first-order valence-corrected chi connectivity index (χ1v) is 11.1. The molecule has 1 unspecified atom stereocenters. The molecule has 1 atom stereocenters. The van der Waals surface area contributed by atoms with Crippen LogP contribution in [0, 0.1) is 0 Å². The van der Waals surface area contributed by atoms with E-state index in [9.17, 15) is 18.0 Å². The molecule has 0 spiro atoms. The van der Waals surface area contributed by atoms with Gasteiger partial charge in [0.05, 0.1) is 11.9 Å². The number of halogens is 1. The number of nitrogens with one attached hydrogen (secondary N) is 1. The molecule has 29 heavy (non-hydrogen) atoms. The first kappa shape index (κ1) is 22.7. The number of carbonyl (C=O) groups excluding carboxylic acids is 2. The van der Waals surface area contributed by atoms with Crippen molar-refractivity contribution in [3.05, 3.63) is 65.2 Å². The van der Waals surface area contributed by atoms with Gasteiger partial charge in [0.1, 0.15) is 12.6 Å². The van der Waals surface area contributed by atoms with E-state index in [-0.39, 0.29) is 12.5 Å². The highest BCUT2D eigenvalue weighted by atomic mass is 35.5. The fraction of sp³-hybridized carbons (Fsp3) is 0.300. The van der Waals surface area contributed by atoms with E-state index in [2.05, 4.69) is 5.32 Å². The number of likely N-dealkylation sites (N-methyl/N-ethyl adjacent to an activating group) is 1. The number of nitrogens with zero attached hydrogens (tertiary/aromatic N) is 2. The van der Waals surface area contributed by atoms with Gasteiger partial charge in [0.25, 0.3) is 0 Å². The molecular formula is C20H24ClN3O4S. The van der Waals surface area contributed by atoms with Crippen molar-refractivity contribution >= 4 is 39.1 Å². The van der Waals surface area contributed by atoms with Gasteiger partial charge in [0.15, 0.2) is 0 Å². The molecule has 0 radical (unpaired) electrons. The summed E-state index contributed by atoms with van der Waals surface area (Å²) in [6, 6.07) is 14.5. The third-order valence-corrected chi connectivity index (χ3v) is 5.80. The van der Waals surface area contributed by atoms with Crippen LogP contribution >= 0.6 is 11.6 Å². The Labute approximate surface area is 176 Å². The van der Waals surface area contributed by atoms with Crippen LogP contribution in [0.4, 0.5) is 5.69 Å². The highest BCUT2D eigenvalue weighted by Crippen LogP contribution is 2.19. The van der Waals surface area contributed by atoms with Crippen LogP contribution in [-0.4, -0.2) is 51.0 Å². The zero-order valence-electron chi connectivity index (χ0n) is 16.5. The zero-order valence-corrected chi connectivity index (χ0v) is 18.1. The van der Waals surface area contributed by atoms with E-state index in [1.807, 2.05) is 0 Å². The largest absolute Gasteiger partial charge is 0.357 e. The number of hydrogen-bond acceptors (Lipinski definition) is 4. The lowest BCUT2D eigenvalue weighted by molar-refractivity contribution is -0.139. The maximum atomic E-state index is 13.1. The predicted molar refractivity (Wildman–Crippen MR) is 114 cm³/mol. The summed E-state index contributed by atoms with van der Waals surface area (Å²) in [7, 11) is -2.23. The summed E-state index contributed by atoms with van der Waals surface area (Å²) in [6.45, 7) is 1.31. The maximum absolute atomic E-state index is 13.1. The van der Waals surface area contributed by atoms with Crippen molar-refractivity contribution in [1.29, 1.82) is 0 Å². The lowest BCUT2D eigenvalue weighted by Crippen LogP contribution is -2.50. The van der Waals surface area contributed by atoms with Gasteiger partial charge in [-0.05, 0) is 36.8 Å². The molecule has 156 valence electrons. The minimum Gasteiger partial charge on any atom is -0.357 e. The molecule has 0 fully saturated rings. The van der Waals surface area contributed by atoms with Crippen LogP contribution in [0.2, 0.25) is 5.02 Å². The molecule has 0 heterocycles. The monoisotopic (exact) mass is 437 g/mol. The SMILES string of the molecule is CNC(=O)C(C)N(Cc1ccc(Cl)cc1)C(=O)CN(c1ccccc1)S(C)(=O)=O. The van der Waals surface area contributed by atoms with Crippen molar-refractivity contribution in [2.45, 2.75) is 19.5 Å². The summed E-state index contributed by atoms with van der Waals surface area (Å²) < 4.78 is 25.6. The Morgan fingerprint density at radius 1 is 1.07 bits per heavy atom. The Bertz CT molecular complexity index is 949. The topological polar surface area (TPSA) is 86.8 Å². The molecule has 0 aromatic heterocycles. The minimum atomic E-state index is -3.71. The van der Waals surface area contributed by atoms with Crippen LogP contribution < -0.4 is 9.62 Å². The number of anilines is 1. The van der Waals surface area contributed by atoms with Crippen molar-refractivity contribution in [1.82, 2.24) is 10.2 Å². The van der Waals surface area contributed by atoms with Gasteiger partial charge < -0.3 is 10.2 Å². The maximum Gasteiger partial charge on any atom is 0.244 e. The second kappa shape index (κ2) is 9.76. The Morgan fingerprint density at radius 3 is 2.17 bits per heavy atom. The van der Waals surface area contributed by atoms with Gasteiger partial charge in [-0.25, -0.2) is 8.42 Å². The van der Waals surface area contributed by atoms with Crippen molar-refractivity contribution in [3.63, 3.8) is 0 Å². The first-order valence-electron chi connectivity index (χ1n) is 8.91. The Hall–Kier alpha value is -2.58. The van der Waals surface area contributed by atoms with E-state index in [4.69, 9.17) is 11.6 Å². The van der Waals surface area contributed by atoms with Crippen LogP contribution in [0.5, 0.6) is 0 Å². The van der Waals surface area contributed by atoms with E-state index in [0.717, 1.165) is 16.1 Å². The molecule has 2 aromatic carbocycles.